The van der Waals surface area contributed by atoms with Crippen LogP contribution < -0.4 is 10.6 Å². The SMILES string of the molecule is Cc1ccc(C(NC(=O)CCNC(=O)C(C)(C)C)c2ccccc2)cc1. The molecule has 0 saturated carbocycles. The van der Waals surface area contributed by atoms with Crippen LogP contribution in [0.3, 0.4) is 0 Å². The molecular formula is C22H28N2O2. The molecule has 4 nitrogen and oxygen atoms in total. The molecule has 0 aliphatic carbocycles. The third-order valence-electron chi connectivity index (χ3n) is 4.17. The highest BCUT2D eigenvalue weighted by molar-refractivity contribution is 5.82. The van der Waals surface area contributed by atoms with Gasteiger partial charge >= 0.3 is 0 Å². The van der Waals surface area contributed by atoms with Gasteiger partial charge in [0.1, 0.15) is 0 Å². The zero-order valence-electron chi connectivity index (χ0n) is 16.0. The highest BCUT2D eigenvalue weighted by Gasteiger charge is 2.21. The average Bonchev–Trinajstić information content (AvgIpc) is 2.60. The van der Waals surface area contributed by atoms with Crippen molar-refractivity contribution in [2.45, 2.75) is 40.2 Å². The van der Waals surface area contributed by atoms with E-state index in [2.05, 4.69) is 10.6 Å². The minimum atomic E-state index is -0.453. The third kappa shape index (κ3) is 5.73. The third-order valence-corrected chi connectivity index (χ3v) is 4.17. The highest BCUT2D eigenvalue weighted by atomic mass is 16.2. The Morgan fingerprint density at radius 2 is 1.50 bits per heavy atom. The van der Waals surface area contributed by atoms with E-state index in [1.54, 1.807) is 0 Å². The van der Waals surface area contributed by atoms with E-state index in [0.29, 0.717) is 6.54 Å². The Kier molecular flexibility index (Phi) is 6.56. The van der Waals surface area contributed by atoms with E-state index in [4.69, 9.17) is 0 Å². The van der Waals surface area contributed by atoms with Gasteiger partial charge < -0.3 is 10.6 Å². The molecule has 1 atom stereocenters. The fourth-order valence-electron chi connectivity index (χ4n) is 2.55. The lowest BCUT2D eigenvalue weighted by atomic mass is 9.96. The molecule has 1 unspecified atom stereocenters. The average molecular weight is 352 g/mol. The molecule has 138 valence electrons. The summed E-state index contributed by atoms with van der Waals surface area (Å²) in [5, 5.41) is 5.91. The molecule has 2 aromatic carbocycles. The first-order chi connectivity index (χ1) is 12.3. The van der Waals surface area contributed by atoms with Gasteiger partial charge in [0.25, 0.3) is 0 Å². The lowest BCUT2D eigenvalue weighted by Crippen LogP contribution is -2.38. The summed E-state index contributed by atoms with van der Waals surface area (Å²) in [7, 11) is 0. The van der Waals surface area contributed by atoms with Crippen molar-refractivity contribution in [3.05, 3.63) is 71.3 Å². The van der Waals surface area contributed by atoms with E-state index < -0.39 is 5.41 Å². The van der Waals surface area contributed by atoms with E-state index in [1.165, 1.54) is 5.56 Å². The van der Waals surface area contributed by atoms with Crippen LogP contribution in [0, 0.1) is 12.3 Å². The number of carbonyl (C=O) groups is 2. The molecule has 0 fully saturated rings. The van der Waals surface area contributed by atoms with Crippen molar-refractivity contribution in [2.24, 2.45) is 5.41 Å². The Hall–Kier alpha value is -2.62. The molecule has 0 spiro atoms. The van der Waals surface area contributed by atoms with Gasteiger partial charge in [0.15, 0.2) is 0 Å². The smallest absolute Gasteiger partial charge is 0.225 e. The zero-order valence-corrected chi connectivity index (χ0v) is 16.0. The molecule has 0 saturated heterocycles. The number of amides is 2. The van der Waals surface area contributed by atoms with Crippen LogP contribution in [-0.2, 0) is 9.59 Å². The van der Waals surface area contributed by atoms with Gasteiger partial charge in [-0.05, 0) is 18.1 Å². The van der Waals surface area contributed by atoms with Crippen molar-refractivity contribution in [1.29, 1.82) is 0 Å². The minimum absolute atomic E-state index is 0.0524. The molecular weight excluding hydrogens is 324 g/mol. The van der Waals surface area contributed by atoms with Crippen molar-refractivity contribution in [2.75, 3.05) is 6.54 Å². The zero-order chi connectivity index (χ0) is 19.2. The van der Waals surface area contributed by atoms with Gasteiger partial charge in [-0.2, -0.15) is 0 Å². The predicted molar refractivity (Wildman–Crippen MR) is 105 cm³/mol. The van der Waals surface area contributed by atoms with Gasteiger partial charge in [0.05, 0.1) is 6.04 Å². The van der Waals surface area contributed by atoms with E-state index >= 15 is 0 Å². The monoisotopic (exact) mass is 352 g/mol. The van der Waals surface area contributed by atoms with E-state index in [9.17, 15) is 9.59 Å². The normalized spacial score (nSPS) is 12.3. The van der Waals surface area contributed by atoms with Gasteiger partial charge in [-0.3, -0.25) is 9.59 Å². The summed E-state index contributed by atoms with van der Waals surface area (Å²) < 4.78 is 0. The fourth-order valence-corrected chi connectivity index (χ4v) is 2.55. The number of benzene rings is 2. The second-order valence-corrected chi connectivity index (χ2v) is 7.58. The summed E-state index contributed by atoms with van der Waals surface area (Å²) >= 11 is 0. The molecule has 2 N–H and O–H groups in total. The van der Waals surface area contributed by atoms with Crippen LogP contribution in [0.1, 0.15) is 49.9 Å². The van der Waals surface area contributed by atoms with Gasteiger partial charge in [0, 0.05) is 18.4 Å². The molecule has 4 heteroatoms. The van der Waals surface area contributed by atoms with E-state index in [0.717, 1.165) is 11.1 Å². The summed E-state index contributed by atoms with van der Waals surface area (Å²) in [5.74, 6) is -0.142. The van der Waals surface area contributed by atoms with Gasteiger partial charge in [-0.15, -0.1) is 0 Å². The van der Waals surface area contributed by atoms with Crippen LogP contribution in [0.2, 0.25) is 0 Å². The number of hydrogen-bond acceptors (Lipinski definition) is 2. The molecule has 26 heavy (non-hydrogen) atoms. The molecule has 0 bridgehead atoms. The quantitative estimate of drug-likeness (QED) is 0.832. The minimum Gasteiger partial charge on any atom is -0.355 e. The molecule has 2 aromatic rings. The molecule has 0 aromatic heterocycles. The summed E-state index contributed by atoms with van der Waals surface area (Å²) in [6, 6.07) is 17.9. The van der Waals surface area contributed by atoms with Crippen LogP contribution in [0.4, 0.5) is 0 Å². The Morgan fingerprint density at radius 3 is 2.08 bits per heavy atom. The number of aryl methyl sites for hydroxylation is 1. The van der Waals surface area contributed by atoms with Crippen molar-refractivity contribution in [1.82, 2.24) is 10.6 Å². The molecule has 2 rings (SSSR count). The lowest BCUT2D eigenvalue weighted by Gasteiger charge is -2.21. The standard InChI is InChI=1S/C22H28N2O2/c1-16-10-12-18(13-11-16)20(17-8-6-5-7-9-17)24-19(25)14-15-23-21(26)22(2,3)4/h5-13,20H,14-15H2,1-4H3,(H,23,26)(H,24,25). The maximum Gasteiger partial charge on any atom is 0.225 e. The van der Waals surface area contributed by atoms with Crippen LogP contribution in [0.5, 0.6) is 0 Å². The number of hydrogen-bond donors (Lipinski definition) is 2. The maximum absolute atomic E-state index is 12.4. The van der Waals surface area contributed by atoms with E-state index in [-0.39, 0.29) is 24.3 Å². The molecule has 0 radical (unpaired) electrons. The van der Waals surface area contributed by atoms with Crippen LogP contribution in [0.25, 0.3) is 0 Å². The van der Waals surface area contributed by atoms with Crippen LogP contribution in [-0.4, -0.2) is 18.4 Å². The van der Waals surface area contributed by atoms with Gasteiger partial charge in [-0.1, -0.05) is 80.9 Å². The van der Waals surface area contributed by atoms with Crippen molar-refractivity contribution < 1.29 is 9.59 Å². The van der Waals surface area contributed by atoms with Crippen molar-refractivity contribution in [3.63, 3.8) is 0 Å². The van der Waals surface area contributed by atoms with Crippen LogP contribution >= 0.6 is 0 Å². The topological polar surface area (TPSA) is 58.2 Å². The van der Waals surface area contributed by atoms with Gasteiger partial charge in [-0.25, -0.2) is 0 Å². The summed E-state index contributed by atoms with van der Waals surface area (Å²) in [5.41, 5.74) is 2.79. The Labute approximate surface area is 156 Å². The number of rotatable bonds is 6. The first-order valence-electron chi connectivity index (χ1n) is 8.96. The Morgan fingerprint density at radius 1 is 0.923 bits per heavy atom. The second kappa shape index (κ2) is 8.65. The molecule has 2 amide bonds. The summed E-state index contributed by atoms with van der Waals surface area (Å²) in [6.07, 6.45) is 0.247. The highest BCUT2D eigenvalue weighted by Crippen LogP contribution is 2.22. The van der Waals surface area contributed by atoms with Crippen molar-refractivity contribution in [3.8, 4) is 0 Å². The lowest BCUT2D eigenvalue weighted by molar-refractivity contribution is -0.128. The van der Waals surface area contributed by atoms with E-state index in [1.807, 2.05) is 82.3 Å². The van der Waals surface area contributed by atoms with Crippen molar-refractivity contribution >= 4 is 11.8 Å². The predicted octanol–water partition coefficient (Wildman–Crippen LogP) is 3.75. The number of carbonyl (C=O) groups excluding carboxylic acids is 2. The fraction of sp³-hybridized carbons (Fsp3) is 0.364. The Balaban J connectivity index is 2.04. The molecule has 0 aliphatic rings. The first kappa shape index (κ1) is 19.7. The summed E-state index contributed by atoms with van der Waals surface area (Å²) in [4.78, 5) is 24.3. The number of nitrogens with one attached hydrogen (secondary N) is 2. The van der Waals surface area contributed by atoms with Crippen LogP contribution in [0.15, 0.2) is 54.6 Å². The Bertz CT molecular complexity index is 731. The molecule has 0 heterocycles. The second-order valence-electron chi connectivity index (χ2n) is 7.58. The van der Waals surface area contributed by atoms with Gasteiger partial charge in [0.2, 0.25) is 11.8 Å². The maximum atomic E-state index is 12.4. The molecule has 0 aliphatic heterocycles. The summed E-state index contributed by atoms with van der Waals surface area (Å²) in [6.45, 7) is 7.93. The first-order valence-corrected chi connectivity index (χ1v) is 8.96. The largest absolute Gasteiger partial charge is 0.355 e.